The highest BCUT2D eigenvalue weighted by Crippen LogP contribution is 2.26. The lowest BCUT2D eigenvalue weighted by Crippen LogP contribution is -2.44. The highest BCUT2D eigenvalue weighted by molar-refractivity contribution is 7.89. The van der Waals surface area contributed by atoms with Crippen LogP contribution in [0.5, 0.6) is 0 Å². The van der Waals surface area contributed by atoms with Crippen molar-refractivity contribution in [2.75, 3.05) is 20.1 Å². The fourth-order valence-electron chi connectivity index (χ4n) is 2.65. The number of likely N-dealkylation sites (N-methyl/N-ethyl adjacent to an activating group) is 1. The molecule has 0 unspecified atom stereocenters. The lowest BCUT2D eigenvalue weighted by molar-refractivity contribution is 0.136. The zero-order valence-corrected chi connectivity index (χ0v) is 12.5. The summed E-state index contributed by atoms with van der Waals surface area (Å²) >= 11 is 0. The molecule has 1 aromatic carbocycles. The van der Waals surface area contributed by atoms with E-state index in [1.807, 2.05) is 0 Å². The summed E-state index contributed by atoms with van der Waals surface area (Å²) in [6.45, 7) is 3.91. The van der Waals surface area contributed by atoms with Gasteiger partial charge in [0, 0.05) is 20.1 Å². The number of β-amino-alcohol motifs (C(OH)–C–C–N with tert-alkyl or cyclic N) is 1. The third kappa shape index (κ3) is 2.58. The summed E-state index contributed by atoms with van der Waals surface area (Å²) in [6, 6.07) is 1.90. The van der Waals surface area contributed by atoms with Crippen LogP contribution in [0.2, 0.25) is 0 Å². The Balaban J connectivity index is 2.45. The molecule has 0 aromatic heterocycles. The standard InChI is InChI=1S/C13H19FN2O3S/c1-8-4-10(14)5-9(2)13(8)20(18,19)16(3)11-6-15-7-12(11)17/h4-5,11-12,15,17H,6-7H2,1-3H3/t11-,12-/m1/s1. The topological polar surface area (TPSA) is 69.6 Å². The lowest BCUT2D eigenvalue weighted by Gasteiger charge is -2.27. The van der Waals surface area contributed by atoms with Crippen LogP contribution in [-0.4, -0.2) is 50.1 Å². The molecule has 0 aliphatic carbocycles. The largest absolute Gasteiger partial charge is 0.390 e. The quantitative estimate of drug-likeness (QED) is 0.848. The molecule has 1 aromatic rings. The maximum atomic E-state index is 13.3. The van der Waals surface area contributed by atoms with Crippen LogP contribution in [-0.2, 0) is 10.0 Å². The van der Waals surface area contributed by atoms with E-state index in [2.05, 4.69) is 5.32 Å². The number of sulfonamides is 1. The molecule has 20 heavy (non-hydrogen) atoms. The van der Waals surface area contributed by atoms with Gasteiger partial charge in [-0.05, 0) is 37.1 Å². The minimum atomic E-state index is -3.77. The second kappa shape index (κ2) is 5.40. The molecule has 112 valence electrons. The molecule has 0 bridgehead atoms. The van der Waals surface area contributed by atoms with E-state index in [0.29, 0.717) is 24.2 Å². The van der Waals surface area contributed by atoms with E-state index in [-0.39, 0.29) is 4.90 Å². The number of aliphatic hydroxyl groups excluding tert-OH is 1. The van der Waals surface area contributed by atoms with Crippen LogP contribution in [0.3, 0.4) is 0 Å². The van der Waals surface area contributed by atoms with E-state index in [0.717, 1.165) is 0 Å². The van der Waals surface area contributed by atoms with Gasteiger partial charge in [0.1, 0.15) is 5.82 Å². The molecule has 2 rings (SSSR count). The number of benzene rings is 1. The Kier molecular flexibility index (Phi) is 4.15. The molecule has 7 heteroatoms. The van der Waals surface area contributed by atoms with Gasteiger partial charge in [-0.2, -0.15) is 4.31 Å². The van der Waals surface area contributed by atoms with Crippen LogP contribution in [0.25, 0.3) is 0 Å². The number of halogens is 1. The van der Waals surface area contributed by atoms with Gasteiger partial charge >= 0.3 is 0 Å². The highest BCUT2D eigenvalue weighted by atomic mass is 32.2. The molecule has 5 nitrogen and oxygen atoms in total. The summed E-state index contributed by atoms with van der Waals surface area (Å²) in [7, 11) is -2.32. The second-order valence-corrected chi connectivity index (χ2v) is 7.12. The van der Waals surface area contributed by atoms with Crippen LogP contribution in [0, 0.1) is 19.7 Å². The van der Waals surface area contributed by atoms with Crippen LogP contribution < -0.4 is 5.32 Å². The molecule has 1 saturated heterocycles. The molecular formula is C13H19FN2O3S. The minimum absolute atomic E-state index is 0.112. The molecule has 1 aliphatic heterocycles. The number of nitrogens with one attached hydrogen (secondary N) is 1. The Morgan fingerprint density at radius 3 is 2.30 bits per heavy atom. The van der Waals surface area contributed by atoms with Crippen LogP contribution in [0.4, 0.5) is 4.39 Å². The van der Waals surface area contributed by atoms with Gasteiger partial charge in [-0.3, -0.25) is 0 Å². The molecule has 0 amide bonds. The molecular weight excluding hydrogens is 283 g/mol. The van der Waals surface area contributed by atoms with Gasteiger partial charge in [0.15, 0.2) is 0 Å². The van der Waals surface area contributed by atoms with E-state index >= 15 is 0 Å². The first-order chi connectivity index (χ1) is 9.25. The fraction of sp³-hybridized carbons (Fsp3) is 0.538. The van der Waals surface area contributed by atoms with Gasteiger partial charge in [0.2, 0.25) is 10.0 Å². The van der Waals surface area contributed by atoms with Crippen molar-refractivity contribution >= 4 is 10.0 Å². The van der Waals surface area contributed by atoms with E-state index in [9.17, 15) is 17.9 Å². The summed E-state index contributed by atoms with van der Waals surface area (Å²) in [6.07, 6.45) is -0.740. The number of hydrogen-bond acceptors (Lipinski definition) is 4. The molecule has 1 heterocycles. The molecule has 0 saturated carbocycles. The maximum Gasteiger partial charge on any atom is 0.243 e. The van der Waals surface area contributed by atoms with Crippen molar-refractivity contribution in [1.82, 2.24) is 9.62 Å². The Labute approximate surface area is 118 Å². The Hall–Kier alpha value is -1.02. The molecule has 1 fully saturated rings. The summed E-state index contributed by atoms with van der Waals surface area (Å²) in [5.74, 6) is -0.454. The van der Waals surface area contributed by atoms with Gasteiger partial charge in [-0.25, -0.2) is 12.8 Å². The van der Waals surface area contributed by atoms with Crippen LogP contribution >= 0.6 is 0 Å². The zero-order valence-electron chi connectivity index (χ0n) is 11.7. The molecule has 2 N–H and O–H groups in total. The van der Waals surface area contributed by atoms with Gasteiger partial charge in [-0.1, -0.05) is 0 Å². The van der Waals surface area contributed by atoms with Crippen molar-refractivity contribution in [3.63, 3.8) is 0 Å². The zero-order chi connectivity index (χ0) is 15.1. The number of rotatable bonds is 3. The second-order valence-electron chi connectivity index (χ2n) is 5.18. The smallest absolute Gasteiger partial charge is 0.243 e. The number of aliphatic hydroxyl groups is 1. The highest BCUT2D eigenvalue weighted by Gasteiger charge is 2.36. The average molecular weight is 302 g/mol. The van der Waals surface area contributed by atoms with Crippen molar-refractivity contribution in [3.8, 4) is 0 Å². The molecule has 0 spiro atoms. The van der Waals surface area contributed by atoms with Gasteiger partial charge in [0.05, 0.1) is 17.0 Å². The lowest BCUT2D eigenvalue weighted by atomic mass is 10.1. The van der Waals surface area contributed by atoms with Crippen LogP contribution in [0.15, 0.2) is 17.0 Å². The first kappa shape index (κ1) is 15.4. The van der Waals surface area contributed by atoms with Crippen molar-refractivity contribution in [2.24, 2.45) is 0 Å². The van der Waals surface area contributed by atoms with Gasteiger partial charge < -0.3 is 10.4 Å². The average Bonchev–Trinajstić information content (AvgIpc) is 2.72. The SMILES string of the molecule is Cc1cc(F)cc(C)c1S(=O)(=O)N(C)[C@@H]1CNC[C@H]1O. The monoisotopic (exact) mass is 302 g/mol. The van der Waals surface area contributed by atoms with Gasteiger partial charge in [-0.15, -0.1) is 0 Å². The first-order valence-corrected chi connectivity index (χ1v) is 7.82. The van der Waals surface area contributed by atoms with E-state index in [4.69, 9.17) is 0 Å². The van der Waals surface area contributed by atoms with Crippen molar-refractivity contribution in [1.29, 1.82) is 0 Å². The number of hydrogen-bond donors (Lipinski definition) is 2. The van der Waals surface area contributed by atoms with Gasteiger partial charge in [0.25, 0.3) is 0 Å². The Bertz CT molecular complexity index is 595. The number of aryl methyl sites for hydroxylation is 2. The van der Waals surface area contributed by atoms with E-state index < -0.39 is 28.0 Å². The van der Waals surface area contributed by atoms with Crippen molar-refractivity contribution in [3.05, 3.63) is 29.1 Å². The van der Waals surface area contributed by atoms with Crippen LogP contribution in [0.1, 0.15) is 11.1 Å². The molecule has 1 aliphatic rings. The third-order valence-corrected chi connectivity index (χ3v) is 5.87. The minimum Gasteiger partial charge on any atom is -0.390 e. The van der Waals surface area contributed by atoms with Crippen molar-refractivity contribution < 1.29 is 17.9 Å². The third-order valence-electron chi connectivity index (χ3n) is 3.68. The molecule has 2 atom stereocenters. The summed E-state index contributed by atoms with van der Waals surface area (Å²) in [5.41, 5.74) is 0.740. The predicted molar refractivity (Wildman–Crippen MR) is 73.5 cm³/mol. The Morgan fingerprint density at radius 2 is 1.85 bits per heavy atom. The first-order valence-electron chi connectivity index (χ1n) is 6.38. The summed E-state index contributed by atoms with van der Waals surface area (Å²) in [5, 5.41) is 12.8. The van der Waals surface area contributed by atoms with E-state index in [1.54, 1.807) is 13.8 Å². The summed E-state index contributed by atoms with van der Waals surface area (Å²) in [4.78, 5) is 0.112. The normalized spacial score (nSPS) is 23.5. The van der Waals surface area contributed by atoms with Crippen molar-refractivity contribution in [2.45, 2.75) is 30.9 Å². The fourth-order valence-corrected chi connectivity index (χ4v) is 4.44. The number of nitrogens with zero attached hydrogens (tertiary/aromatic N) is 1. The van der Waals surface area contributed by atoms with E-state index in [1.165, 1.54) is 23.5 Å². The maximum absolute atomic E-state index is 13.3. The Morgan fingerprint density at radius 1 is 1.30 bits per heavy atom. The molecule has 0 radical (unpaired) electrons. The summed E-state index contributed by atoms with van der Waals surface area (Å²) < 4.78 is 39.8. The predicted octanol–water partition coefficient (Wildman–Crippen LogP) is 0.396.